The van der Waals surface area contributed by atoms with E-state index in [1.165, 1.54) is 0 Å². The summed E-state index contributed by atoms with van der Waals surface area (Å²) in [6.07, 6.45) is 5.46. The number of carbonyl (C=O) groups is 1. The molecule has 0 aromatic carbocycles. The zero-order valence-electron chi connectivity index (χ0n) is 11.3. The van der Waals surface area contributed by atoms with E-state index in [4.69, 9.17) is 9.84 Å². The van der Waals surface area contributed by atoms with Gasteiger partial charge in [0.05, 0.1) is 13.1 Å². The summed E-state index contributed by atoms with van der Waals surface area (Å²) in [4.78, 5) is 28.8. The van der Waals surface area contributed by atoms with Crippen LogP contribution in [0.15, 0.2) is 17.2 Å². The van der Waals surface area contributed by atoms with E-state index in [9.17, 15) is 9.59 Å². The number of anilines is 1. The molecular weight excluding hydrogens is 262 g/mol. The smallest absolute Gasteiger partial charge is 0.329 e. The normalized spacial score (nSPS) is 20.6. The Hall–Kier alpha value is -1.89. The van der Waals surface area contributed by atoms with Crippen LogP contribution in [0.3, 0.4) is 0 Å². The van der Waals surface area contributed by atoms with Crippen molar-refractivity contribution >= 4 is 11.8 Å². The quantitative estimate of drug-likeness (QED) is 0.832. The minimum Gasteiger partial charge on any atom is -0.480 e. The molecule has 7 heteroatoms. The molecule has 0 spiro atoms. The minimum atomic E-state index is -0.987. The van der Waals surface area contributed by atoms with E-state index >= 15 is 0 Å². The maximum Gasteiger partial charge on any atom is 0.329 e. The van der Waals surface area contributed by atoms with Gasteiger partial charge in [-0.3, -0.25) is 4.79 Å². The standard InChI is InChI=1S/C13H17N3O4/c1-13(20-6-10(17)18)7-15(8-13)11-12(19)16(5-4-14-11)9-2-3-9/h4-5,9H,2-3,6-8H2,1H3,(H,17,18). The first-order valence-electron chi connectivity index (χ1n) is 6.66. The number of aliphatic carboxylic acids is 1. The molecule has 0 unspecified atom stereocenters. The highest BCUT2D eigenvalue weighted by Gasteiger charge is 2.42. The molecule has 2 fully saturated rings. The molecule has 0 atom stereocenters. The number of hydrogen-bond donors (Lipinski definition) is 1. The number of ether oxygens (including phenoxy) is 1. The number of carboxylic acids is 1. The molecule has 1 aromatic heterocycles. The fourth-order valence-corrected chi connectivity index (χ4v) is 2.51. The highest BCUT2D eigenvalue weighted by Crippen LogP contribution is 2.34. The van der Waals surface area contributed by atoms with Crippen molar-refractivity contribution in [1.29, 1.82) is 0 Å². The van der Waals surface area contributed by atoms with Gasteiger partial charge in [0, 0.05) is 18.4 Å². The molecule has 1 aliphatic carbocycles. The molecular formula is C13H17N3O4. The molecule has 1 N–H and O–H groups in total. The molecule has 2 heterocycles. The molecule has 20 heavy (non-hydrogen) atoms. The lowest BCUT2D eigenvalue weighted by atomic mass is 9.96. The van der Waals surface area contributed by atoms with E-state index in [-0.39, 0.29) is 12.2 Å². The Bertz CT molecular complexity index is 588. The average Bonchev–Trinajstić information content (AvgIpc) is 3.18. The molecule has 108 valence electrons. The maximum absolute atomic E-state index is 12.3. The largest absolute Gasteiger partial charge is 0.480 e. The van der Waals surface area contributed by atoms with Gasteiger partial charge in [0.1, 0.15) is 12.2 Å². The number of rotatable bonds is 5. The molecule has 1 saturated heterocycles. The topological polar surface area (TPSA) is 84.7 Å². The van der Waals surface area contributed by atoms with Crippen LogP contribution in [0.5, 0.6) is 0 Å². The lowest BCUT2D eigenvalue weighted by Crippen LogP contribution is -2.63. The molecule has 2 aliphatic rings. The van der Waals surface area contributed by atoms with Crippen molar-refractivity contribution in [2.75, 3.05) is 24.6 Å². The van der Waals surface area contributed by atoms with Gasteiger partial charge in [-0.2, -0.15) is 0 Å². The third-order valence-corrected chi connectivity index (χ3v) is 3.68. The van der Waals surface area contributed by atoms with Gasteiger partial charge in [0.2, 0.25) is 0 Å². The Balaban J connectivity index is 1.69. The lowest BCUT2D eigenvalue weighted by molar-refractivity contribution is -0.150. The predicted molar refractivity (Wildman–Crippen MR) is 71.0 cm³/mol. The molecule has 1 aliphatic heterocycles. The summed E-state index contributed by atoms with van der Waals surface area (Å²) in [6, 6.07) is 0.320. The van der Waals surface area contributed by atoms with E-state index < -0.39 is 11.6 Å². The second-order valence-corrected chi connectivity index (χ2v) is 5.68. The Morgan fingerprint density at radius 3 is 2.85 bits per heavy atom. The predicted octanol–water partition coefficient (Wildman–Crippen LogP) is 0.258. The second kappa shape index (κ2) is 4.59. The zero-order valence-corrected chi connectivity index (χ0v) is 11.3. The fourth-order valence-electron chi connectivity index (χ4n) is 2.51. The van der Waals surface area contributed by atoms with E-state index in [1.54, 1.807) is 17.0 Å². The number of hydrogen-bond acceptors (Lipinski definition) is 5. The van der Waals surface area contributed by atoms with Crippen LogP contribution < -0.4 is 10.5 Å². The fraction of sp³-hybridized carbons (Fsp3) is 0.615. The van der Waals surface area contributed by atoms with Crippen molar-refractivity contribution in [3.63, 3.8) is 0 Å². The van der Waals surface area contributed by atoms with Gasteiger partial charge in [-0.1, -0.05) is 0 Å². The molecule has 3 rings (SSSR count). The van der Waals surface area contributed by atoms with E-state index in [2.05, 4.69) is 4.98 Å². The van der Waals surface area contributed by atoms with Crippen LogP contribution in [0.2, 0.25) is 0 Å². The first-order chi connectivity index (χ1) is 9.48. The van der Waals surface area contributed by atoms with Crippen LogP contribution in [0.1, 0.15) is 25.8 Å². The average molecular weight is 279 g/mol. The second-order valence-electron chi connectivity index (χ2n) is 5.68. The van der Waals surface area contributed by atoms with Crippen LogP contribution in [-0.4, -0.2) is 45.9 Å². The first-order valence-corrected chi connectivity index (χ1v) is 6.66. The maximum atomic E-state index is 12.3. The highest BCUT2D eigenvalue weighted by atomic mass is 16.5. The summed E-state index contributed by atoms with van der Waals surface area (Å²) in [5.74, 6) is -0.561. The van der Waals surface area contributed by atoms with Gasteiger partial charge in [0.15, 0.2) is 5.82 Å². The lowest BCUT2D eigenvalue weighted by Gasteiger charge is -2.47. The Labute approximate surface area is 115 Å². The number of carboxylic acid groups (broad SMARTS) is 1. The molecule has 0 bridgehead atoms. The van der Waals surface area contributed by atoms with Crippen LogP contribution in [0.4, 0.5) is 5.82 Å². The van der Waals surface area contributed by atoms with Crippen molar-refractivity contribution < 1.29 is 14.6 Å². The molecule has 0 radical (unpaired) electrons. The highest BCUT2D eigenvalue weighted by molar-refractivity contribution is 5.68. The van der Waals surface area contributed by atoms with Gasteiger partial charge in [0.25, 0.3) is 5.56 Å². The summed E-state index contributed by atoms with van der Waals surface area (Å²) in [5.41, 5.74) is -0.595. The SMILES string of the molecule is CC1(OCC(=O)O)CN(c2nccn(C3CC3)c2=O)C1. The van der Waals surface area contributed by atoms with Crippen LogP contribution in [0, 0.1) is 0 Å². The molecule has 7 nitrogen and oxygen atoms in total. The van der Waals surface area contributed by atoms with Gasteiger partial charge >= 0.3 is 5.97 Å². The van der Waals surface area contributed by atoms with Gasteiger partial charge in [-0.15, -0.1) is 0 Å². The number of nitrogens with zero attached hydrogens (tertiary/aromatic N) is 3. The summed E-state index contributed by atoms with van der Waals surface area (Å²) < 4.78 is 7.06. The first kappa shape index (κ1) is 13.1. The van der Waals surface area contributed by atoms with E-state index in [0.29, 0.717) is 24.9 Å². The number of aromatic nitrogens is 2. The molecule has 1 saturated carbocycles. The summed E-state index contributed by atoms with van der Waals surface area (Å²) >= 11 is 0. The zero-order chi connectivity index (χ0) is 14.3. The Morgan fingerprint density at radius 1 is 1.55 bits per heavy atom. The van der Waals surface area contributed by atoms with Gasteiger partial charge in [-0.25, -0.2) is 9.78 Å². The third-order valence-electron chi connectivity index (χ3n) is 3.68. The summed E-state index contributed by atoms with van der Waals surface area (Å²) in [5, 5.41) is 8.62. The van der Waals surface area contributed by atoms with Crippen LogP contribution in [0.25, 0.3) is 0 Å². The van der Waals surface area contributed by atoms with Gasteiger partial charge in [-0.05, 0) is 19.8 Å². The summed E-state index contributed by atoms with van der Waals surface area (Å²) in [6.45, 7) is 2.49. The van der Waals surface area contributed by atoms with Gasteiger partial charge < -0.3 is 19.3 Å². The summed E-state index contributed by atoms with van der Waals surface area (Å²) in [7, 11) is 0. The van der Waals surface area contributed by atoms with E-state index in [1.807, 2.05) is 11.8 Å². The van der Waals surface area contributed by atoms with Crippen LogP contribution in [-0.2, 0) is 9.53 Å². The van der Waals surface area contributed by atoms with Crippen molar-refractivity contribution in [2.24, 2.45) is 0 Å². The van der Waals surface area contributed by atoms with Crippen molar-refractivity contribution in [3.8, 4) is 0 Å². The minimum absolute atomic E-state index is 0.0738. The van der Waals surface area contributed by atoms with Crippen molar-refractivity contribution in [3.05, 3.63) is 22.7 Å². The molecule has 1 aromatic rings. The van der Waals surface area contributed by atoms with E-state index in [0.717, 1.165) is 12.8 Å². The van der Waals surface area contributed by atoms with Crippen LogP contribution >= 0.6 is 0 Å². The molecule has 0 amide bonds. The van der Waals surface area contributed by atoms with Crippen molar-refractivity contribution in [2.45, 2.75) is 31.4 Å². The Morgan fingerprint density at radius 2 is 2.25 bits per heavy atom. The Kier molecular flexibility index (Phi) is 3.01. The monoisotopic (exact) mass is 279 g/mol. The van der Waals surface area contributed by atoms with Crippen molar-refractivity contribution in [1.82, 2.24) is 9.55 Å². The third kappa shape index (κ3) is 2.40.